The standard InChI is InChI=1S/C16H22FNO2/c1-3-8-18-16(13-5-4-9-20-11-13)12-6-7-14(17)15(10-12)19-2/h6-7,10-11,16,18H,3-5,8-9H2,1-2H3. The molecule has 0 spiro atoms. The van der Waals surface area contributed by atoms with Crippen molar-refractivity contribution in [3.63, 3.8) is 0 Å². The normalized spacial score (nSPS) is 16.2. The Morgan fingerprint density at radius 2 is 2.30 bits per heavy atom. The van der Waals surface area contributed by atoms with Crippen LogP contribution in [0.15, 0.2) is 30.0 Å². The van der Waals surface area contributed by atoms with E-state index in [0.717, 1.165) is 38.0 Å². The average Bonchev–Trinajstić information content (AvgIpc) is 2.50. The van der Waals surface area contributed by atoms with Crippen LogP contribution >= 0.6 is 0 Å². The minimum absolute atomic E-state index is 0.0600. The van der Waals surface area contributed by atoms with Gasteiger partial charge in [-0.05, 0) is 49.1 Å². The van der Waals surface area contributed by atoms with E-state index < -0.39 is 0 Å². The summed E-state index contributed by atoms with van der Waals surface area (Å²) in [7, 11) is 1.49. The summed E-state index contributed by atoms with van der Waals surface area (Å²) in [5.74, 6) is -0.0532. The number of hydrogen-bond donors (Lipinski definition) is 1. The van der Waals surface area contributed by atoms with E-state index >= 15 is 0 Å². The van der Waals surface area contributed by atoms with Crippen molar-refractivity contribution in [2.24, 2.45) is 0 Å². The van der Waals surface area contributed by atoms with Gasteiger partial charge in [0.25, 0.3) is 0 Å². The lowest BCUT2D eigenvalue weighted by atomic mass is 9.95. The van der Waals surface area contributed by atoms with Crippen LogP contribution in [-0.4, -0.2) is 20.3 Å². The summed E-state index contributed by atoms with van der Waals surface area (Å²) in [5.41, 5.74) is 2.21. The summed E-state index contributed by atoms with van der Waals surface area (Å²) in [6.45, 7) is 3.81. The molecule has 0 saturated heterocycles. The molecule has 1 aromatic carbocycles. The largest absolute Gasteiger partial charge is 0.501 e. The highest BCUT2D eigenvalue weighted by Crippen LogP contribution is 2.30. The first kappa shape index (κ1) is 14.9. The topological polar surface area (TPSA) is 30.5 Å². The van der Waals surface area contributed by atoms with Crippen LogP contribution in [0.25, 0.3) is 0 Å². The summed E-state index contributed by atoms with van der Waals surface area (Å²) in [5, 5.41) is 3.50. The third-order valence-corrected chi connectivity index (χ3v) is 3.44. The lowest BCUT2D eigenvalue weighted by Gasteiger charge is -2.25. The lowest BCUT2D eigenvalue weighted by Crippen LogP contribution is -2.25. The molecular weight excluding hydrogens is 257 g/mol. The average molecular weight is 279 g/mol. The van der Waals surface area contributed by atoms with Crippen LogP contribution in [0.3, 0.4) is 0 Å². The van der Waals surface area contributed by atoms with Crippen molar-refractivity contribution in [1.29, 1.82) is 0 Å². The Bertz CT molecular complexity index is 474. The predicted octanol–water partition coefficient (Wildman–Crippen LogP) is 3.57. The van der Waals surface area contributed by atoms with Crippen molar-refractivity contribution in [3.8, 4) is 5.75 Å². The SMILES string of the molecule is CCCNC(C1=COCCC1)c1ccc(F)c(OC)c1. The Labute approximate surface area is 119 Å². The first-order chi connectivity index (χ1) is 9.76. The monoisotopic (exact) mass is 279 g/mol. The molecule has 0 aliphatic carbocycles. The zero-order chi connectivity index (χ0) is 14.4. The van der Waals surface area contributed by atoms with Gasteiger partial charge in [-0.1, -0.05) is 13.0 Å². The molecule has 1 aliphatic heterocycles. The Kier molecular flexibility index (Phi) is 5.41. The van der Waals surface area contributed by atoms with E-state index in [-0.39, 0.29) is 17.6 Å². The van der Waals surface area contributed by atoms with E-state index in [4.69, 9.17) is 9.47 Å². The first-order valence-corrected chi connectivity index (χ1v) is 7.13. The van der Waals surface area contributed by atoms with Crippen molar-refractivity contribution in [2.75, 3.05) is 20.3 Å². The number of halogens is 1. The highest BCUT2D eigenvalue weighted by Gasteiger charge is 2.19. The molecular formula is C16H22FNO2. The fourth-order valence-electron chi connectivity index (χ4n) is 2.40. The molecule has 1 heterocycles. The number of ether oxygens (including phenoxy) is 2. The number of methoxy groups -OCH3 is 1. The van der Waals surface area contributed by atoms with E-state index in [1.807, 2.05) is 6.26 Å². The maximum atomic E-state index is 13.5. The van der Waals surface area contributed by atoms with Crippen molar-refractivity contribution in [3.05, 3.63) is 41.4 Å². The Morgan fingerprint density at radius 1 is 1.45 bits per heavy atom. The zero-order valence-electron chi connectivity index (χ0n) is 12.1. The number of nitrogens with one attached hydrogen (secondary N) is 1. The predicted molar refractivity (Wildman–Crippen MR) is 77.3 cm³/mol. The highest BCUT2D eigenvalue weighted by molar-refractivity contribution is 5.36. The minimum atomic E-state index is -0.334. The minimum Gasteiger partial charge on any atom is -0.501 e. The number of rotatable bonds is 6. The van der Waals surface area contributed by atoms with Crippen LogP contribution in [0.5, 0.6) is 5.75 Å². The number of benzene rings is 1. The van der Waals surface area contributed by atoms with E-state index in [9.17, 15) is 4.39 Å². The quantitative estimate of drug-likeness (QED) is 0.863. The number of hydrogen-bond acceptors (Lipinski definition) is 3. The van der Waals surface area contributed by atoms with Gasteiger partial charge in [0.05, 0.1) is 26.0 Å². The molecule has 4 heteroatoms. The van der Waals surface area contributed by atoms with Crippen molar-refractivity contribution in [2.45, 2.75) is 32.2 Å². The van der Waals surface area contributed by atoms with E-state index in [1.165, 1.54) is 18.7 Å². The van der Waals surface area contributed by atoms with Crippen LogP contribution < -0.4 is 10.1 Å². The molecule has 0 fully saturated rings. The van der Waals surface area contributed by atoms with Gasteiger partial charge in [-0.15, -0.1) is 0 Å². The third kappa shape index (κ3) is 3.51. The molecule has 1 aliphatic rings. The van der Waals surface area contributed by atoms with Gasteiger partial charge in [0.1, 0.15) is 0 Å². The second-order valence-corrected chi connectivity index (χ2v) is 4.95. The van der Waals surface area contributed by atoms with E-state index in [0.29, 0.717) is 0 Å². The van der Waals surface area contributed by atoms with Crippen molar-refractivity contribution in [1.82, 2.24) is 5.32 Å². The van der Waals surface area contributed by atoms with Crippen LogP contribution in [0.2, 0.25) is 0 Å². The van der Waals surface area contributed by atoms with Gasteiger partial charge >= 0.3 is 0 Å². The molecule has 2 rings (SSSR count). The maximum Gasteiger partial charge on any atom is 0.165 e. The molecule has 0 bridgehead atoms. The van der Waals surface area contributed by atoms with Gasteiger partial charge in [0.2, 0.25) is 0 Å². The van der Waals surface area contributed by atoms with E-state index in [2.05, 4.69) is 12.2 Å². The summed E-state index contributed by atoms with van der Waals surface area (Å²) >= 11 is 0. The molecule has 0 amide bonds. The van der Waals surface area contributed by atoms with Crippen LogP contribution in [0.1, 0.15) is 37.8 Å². The molecule has 0 saturated carbocycles. The molecule has 20 heavy (non-hydrogen) atoms. The zero-order valence-corrected chi connectivity index (χ0v) is 12.1. The van der Waals surface area contributed by atoms with E-state index in [1.54, 1.807) is 12.1 Å². The summed E-state index contributed by atoms with van der Waals surface area (Å²) in [6, 6.07) is 5.09. The van der Waals surface area contributed by atoms with Crippen molar-refractivity contribution < 1.29 is 13.9 Å². The molecule has 1 unspecified atom stereocenters. The first-order valence-electron chi connectivity index (χ1n) is 7.13. The molecule has 0 radical (unpaired) electrons. The van der Waals surface area contributed by atoms with Crippen molar-refractivity contribution >= 4 is 0 Å². The highest BCUT2D eigenvalue weighted by atomic mass is 19.1. The van der Waals surface area contributed by atoms with Gasteiger partial charge in [-0.3, -0.25) is 0 Å². The Morgan fingerprint density at radius 3 is 2.95 bits per heavy atom. The summed E-state index contributed by atoms with van der Waals surface area (Å²) in [4.78, 5) is 0. The smallest absolute Gasteiger partial charge is 0.165 e. The summed E-state index contributed by atoms with van der Waals surface area (Å²) in [6.07, 6.45) is 4.91. The van der Waals surface area contributed by atoms with Crippen LogP contribution in [-0.2, 0) is 4.74 Å². The molecule has 3 nitrogen and oxygen atoms in total. The van der Waals surface area contributed by atoms with Gasteiger partial charge in [-0.2, -0.15) is 0 Å². The van der Waals surface area contributed by atoms with Gasteiger partial charge in [-0.25, -0.2) is 4.39 Å². The molecule has 1 aromatic rings. The fraction of sp³-hybridized carbons (Fsp3) is 0.500. The molecule has 0 aromatic heterocycles. The molecule has 1 N–H and O–H groups in total. The van der Waals surface area contributed by atoms with Crippen LogP contribution in [0, 0.1) is 5.82 Å². The second-order valence-electron chi connectivity index (χ2n) is 4.95. The Balaban J connectivity index is 2.27. The van der Waals surface area contributed by atoms with Crippen LogP contribution in [0.4, 0.5) is 4.39 Å². The molecule has 1 atom stereocenters. The lowest BCUT2D eigenvalue weighted by molar-refractivity contribution is 0.219. The molecule has 110 valence electrons. The van der Waals surface area contributed by atoms with Gasteiger partial charge in [0, 0.05) is 0 Å². The Hall–Kier alpha value is -1.55. The maximum absolute atomic E-state index is 13.5. The second kappa shape index (κ2) is 7.29. The van der Waals surface area contributed by atoms with Gasteiger partial charge in [0.15, 0.2) is 11.6 Å². The summed E-state index contributed by atoms with van der Waals surface area (Å²) < 4.78 is 24.1. The fourth-order valence-corrected chi connectivity index (χ4v) is 2.40. The third-order valence-electron chi connectivity index (χ3n) is 3.44. The van der Waals surface area contributed by atoms with Gasteiger partial charge < -0.3 is 14.8 Å².